The standard InChI is InChI=1S/C12H17N3O4S/c1-8(10-13-3-4-20-10)14-11(18)15-6-12(2,7-15)19-5-9(16)17/h3-4,8H,5-7H2,1-2H3,(H,14,18)(H,16,17). The lowest BCUT2D eigenvalue weighted by atomic mass is 9.97. The summed E-state index contributed by atoms with van der Waals surface area (Å²) in [5.41, 5.74) is -0.569. The largest absolute Gasteiger partial charge is 0.480 e. The van der Waals surface area contributed by atoms with Crippen LogP contribution in [0.5, 0.6) is 0 Å². The molecule has 8 heteroatoms. The highest BCUT2D eigenvalue weighted by Crippen LogP contribution is 2.25. The van der Waals surface area contributed by atoms with Gasteiger partial charge in [0.2, 0.25) is 0 Å². The van der Waals surface area contributed by atoms with E-state index in [4.69, 9.17) is 9.84 Å². The van der Waals surface area contributed by atoms with Crippen LogP contribution in [0.2, 0.25) is 0 Å². The van der Waals surface area contributed by atoms with Crippen LogP contribution in [0, 0.1) is 0 Å². The third-order valence-electron chi connectivity index (χ3n) is 3.04. The van der Waals surface area contributed by atoms with Gasteiger partial charge in [0, 0.05) is 11.6 Å². The number of carbonyl (C=O) groups excluding carboxylic acids is 1. The van der Waals surface area contributed by atoms with Gasteiger partial charge in [-0.05, 0) is 13.8 Å². The number of likely N-dealkylation sites (tertiary alicyclic amines) is 1. The van der Waals surface area contributed by atoms with Gasteiger partial charge in [0.1, 0.15) is 17.2 Å². The lowest BCUT2D eigenvalue weighted by Gasteiger charge is -2.47. The Morgan fingerprint density at radius 3 is 2.90 bits per heavy atom. The third kappa shape index (κ3) is 3.45. The molecule has 1 atom stereocenters. The highest BCUT2D eigenvalue weighted by Gasteiger charge is 2.43. The number of aromatic nitrogens is 1. The Morgan fingerprint density at radius 1 is 1.65 bits per heavy atom. The van der Waals surface area contributed by atoms with Crippen molar-refractivity contribution in [2.24, 2.45) is 0 Å². The van der Waals surface area contributed by atoms with Crippen LogP contribution in [0.15, 0.2) is 11.6 Å². The van der Waals surface area contributed by atoms with Crippen molar-refractivity contribution < 1.29 is 19.4 Å². The van der Waals surface area contributed by atoms with Crippen LogP contribution < -0.4 is 5.32 Å². The molecule has 110 valence electrons. The predicted octanol–water partition coefficient (Wildman–Crippen LogP) is 1.09. The first-order chi connectivity index (χ1) is 9.39. The minimum atomic E-state index is -1.01. The SMILES string of the molecule is CC(NC(=O)N1CC(C)(OCC(=O)O)C1)c1nccs1. The van der Waals surface area contributed by atoms with E-state index in [1.54, 1.807) is 18.0 Å². The van der Waals surface area contributed by atoms with Gasteiger partial charge in [0.15, 0.2) is 0 Å². The Balaban J connectivity index is 1.77. The molecule has 0 saturated carbocycles. The summed E-state index contributed by atoms with van der Waals surface area (Å²) in [5, 5.41) is 14.1. The van der Waals surface area contributed by atoms with E-state index < -0.39 is 11.6 Å². The number of thiazole rings is 1. The first-order valence-corrected chi connectivity index (χ1v) is 7.08. The molecule has 1 aliphatic heterocycles. The lowest BCUT2D eigenvalue weighted by molar-refractivity contribution is -0.159. The minimum absolute atomic E-state index is 0.144. The number of aliphatic carboxylic acids is 1. The molecule has 1 aromatic heterocycles. The van der Waals surface area contributed by atoms with E-state index in [2.05, 4.69) is 10.3 Å². The molecule has 2 amide bonds. The summed E-state index contributed by atoms with van der Waals surface area (Å²) in [4.78, 5) is 28.2. The van der Waals surface area contributed by atoms with Crippen LogP contribution in [0.25, 0.3) is 0 Å². The summed E-state index contributed by atoms with van der Waals surface area (Å²) in [6.07, 6.45) is 1.70. The summed E-state index contributed by atoms with van der Waals surface area (Å²) < 4.78 is 5.25. The quantitative estimate of drug-likeness (QED) is 0.849. The normalized spacial score (nSPS) is 18.2. The zero-order valence-electron chi connectivity index (χ0n) is 11.3. The van der Waals surface area contributed by atoms with Crippen molar-refractivity contribution in [3.8, 4) is 0 Å². The fraction of sp³-hybridized carbons (Fsp3) is 0.583. The molecular weight excluding hydrogens is 282 g/mol. The number of rotatable bonds is 5. The van der Waals surface area contributed by atoms with Gasteiger partial charge in [0.25, 0.3) is 0 Å². The molecule has 2 heterocycles. The monoisotopic (exact) mass is 299 g/mol. The number of ether oxygens (including phenoxy) is 1. The smallest absolute Gasteiger partial charge is 0.329 e. The second kappa shape index (κ2) is 5.76. The van der Waals surface area contributed by atoms with E-state index in [9.17, 15) is 9.59 Å². The molecule has 1 unspecified atom stereocenters. The van der Waals surface area contributed by atoms with E-state index in [-0.39, 0.29) is 18.7 Å². The first-order valence-electron chi connectivity index (χ1n) is 6.20. The number of carboxylic acid groups (broad SMARTS) is 1. The first kappa shape index (κ1) is 14.7. The molecular formula is C12H17N3O4S. The highest BCUT2D eigenvalue weighted by atomic mass is 32.1. The zero-order valence-corrected chi connectivity index (χ0v) is 12.1. The molecule has 0 radical (unpaired) electrons. The van der Waals surface area contributed by atoms with Crippen molar-refractivity contribution in [2.45, 2.75) is 25.5 Å². The topological polar surface area (TPSA) is 91.8 Å². The molecule has 0 aliphatic carbocycles. The molecule has 0 aromatic carbocycles. The van der Waals surface area contributed by atoms with Gasteiger partial charge in [0.05, 0.1) is 19.1 Å². The summed E-state index contributed by atoms with van der Waals surface area (Å²) >= 11 is 1.49. The maximum atomic E-state index is 12.0. The van der Waals surface area contributed by atoms with E-state index >= 15 is 0 Å². The van der Waals surface area contributed by atoms with E-state index in [0.29, 0.717) is 13.1 Å². The van der Waals surface area contributed by atoms with Gasteiger partial charge in [-0.25, -0.2) is 14.6 Å². The second-order valence-corrected chi connectivity index (χ2v) is 5.96. The van der Waals surface area contributed by atoms with Crippen molar-refractivity contribution in [3.63, 3.8) is 0 Å². The lowest BCUT2D eigenvalue weighted by Crippen LogP contribution is -2.65. The Bertz CT molecular complexity index is 485. The average molecular weight is 299 g/mol. The Kier molecular flexibility index (Phi) is 4.24. The predicted molar refractivity (Wildman–Crippen MR) is 72.6 cm³/mol. The summed E-state index contributed by atoms with van der Waals surface area (Å²) in [6.45, 7) is 4.09. The summed E-state index contributed by atoms with van der Waals surface area (Å²) in [6, 6.07) is -0.335. The summed E-state index contributed by atoms with van der Waals surface area (Å²) in [5.74, 6) is -1.01. The number of hydrogen-bond donors (Lipinski definition) is 2. The molecule has 0 bridgehead atoms. The zero-order chi connectivity index (χ0) is 14.8. The number of carbonyl (C=O) groups is 2. The number of nitrogens with zero attached hydrogens (tertiary/aromatic N) is 2. The fourth-order valence-electron chi connectivity index (χ4n) is 2.02. The number of nitrogens with one attached hydrogen (secondary N) is 1. The van der Waals surface area contributed by atoms with Gasteiger partial charge < -0.3 is 20.1 Å². The number of urea groups is 1. The Labute approximate surface area is 120 Å². The molecule has 7 nitrogen and oxygen atoms in total. The molecule has 20 heavy (non-hydrogen) atoms. The highest BCUT2D eigenvalue weighted by molar-refractivity contribution is 7.09. The van der Waals surface area contributed by atoms with Crippen molar-refractivity contribution in [1.82, 2.24) is 15.2 Å². The van der Waals surface area contributed by atoms with Crippen molar-refractivity contribution >= 4 is 23.3 Å². The third-order valence-corrected chi connectivity index (χ3v) is 4.00. The molecule has 1 aliphatic rings. The maximum absolute atomic E-state index is 12.0. The van der Waals surface area contributed by atoms with E-state index in [0.717, 1.165) is 5.01 Å². The molecule has 2 rings (SSSR count). The summed E-state index contributed by atoms with van der Waals surface area (Å²) in [7, 11) is 0. The van der Waals surface area contributed by atoms with Crippen LogP contribution in [0.4, 0.5) is 4.79 Å². The molecule has 2 N–H and O–H groups in total. The van der Waals surface area contributed by atoms with Gasteiger partial charge >= 0.3 is 12.0 Å². The van der Waals surface area contributed by atoms with Crippen molar-refractivity contribution in [1.29, 1.82) is 0 Å². The van der Waals surface area contributed by atoms with E-state index in [1.807, 2.05) is 12.3 Å². The molecule has 1 fully saturated rings. The van der Waals surface area contributed by atoms with Gasteiger partial charge in [-0.2, -0.15) is 0 Å². The average Bonchev–Trinajstić information content (AvgIpc) is 2.86. The van der Waals surface area contributed by atoms with Crippen LogP contribution in [-0.4, -0.2) is 52.3 Å². The fourth-order valence-corrected chi connectivity index (χ4v) is 2.66. The number of amides is 2. The Hall–Kier alpha value is -1.67. The van der Waals surface area contributed by atoms with Crippen LogP contribution >= 0.6 is 11.3 Å². The maximum Gasteiger partial charge on any atom is 0.329 e. The van der Waals surface area contributed by atoms with Crippen molar-refractivity contribution in [3.05, 3.63) is 16.6 Å². The Morgan fingerprint density at radius 2 is 2.35 bits per heavy atom. The van der Waals surface area contributed by atoms with Gasteiger partial charge in [-0.1, -0.05) is 0 Å². The van der Waals surface area contributed by atoms with Crippen LogP contribution in [0.1, 0.15) is 24.9 Å². The van der Waals surface area contributed by atoms with E-state index in [1.165, 1.54) is 11.3 Å². The van der Waals surface area contributed by atoms with Crippen molar-refractivity contribution in [2.75, 3.05) is 19.7 Å². The minimum Gasteiger partial charge on any atom is -0.480 e. The molecule has 0 spiro atoms. The van der Waals surface area contributed by atoms with Gasteiger partial charge in [-0.3, -0.25) is 0 Å². The van der Waals surface area contributed by atoms with Crippen LogP contribution in [-0.2, 0) is 9.53 Å². The molecule has 1 aromatic rings. The van der Waals surface area contributed by atoms with Crippen LogP contribution in [0.3, 0.4) is 0 Å². The number of carboxylic acids is 1. The second-order valence-electron chi connectivity index (χ2n) is 5.03. The number of hydrogen-bond acceptors (Lipinski definition) is 5. The molecule has 1 saturated heterocycles. The van der Waals surface area contributed by atoms with Gasteiger partial charge in [-0.15, -0.1) is 11.3 Å².